The molecule has 0 aliphatic rings. The lowest BCUT2D eigenvalue weighted by Crippen LogP contribution is -2.05. The maximum absolute atomic E-state index is 10.9. The van der Waals surface area contributed by atoms with Crippen LogP contribution >= 0.6 is 0 Å². The number of hydrogen-bond acceptors (Lipinski definition) is 3. The van der Waals surface area contributed by atoms with Gasteiger partial charge in [-0.3, -0.25) is 0 Å². The van der Waals surface area contributed by atoms with E-state index in [1.54, 1.807) is 24.3 Å². The van der Waals surface area contributed by atoms with E-state index in [0.717, 1.165) is 5.56 Å². The number of H-pyrrole nitrogens is 1. The molecule has 1 aromatic heterocycles. The van der Waals surface area contributed by atoms with Gasteiger partial charge in [-0.1, -0.05) is 13.8 Å². The Hall–Kier alpha value is -2.74. The highest BCUT2D eigenvalue weighted by Crippen LogP contribution is 2.26. The summed E-state index contributed by atoms with van der Waals surface area (Å²) in [5.41, 5.74) is 1.94. The maximum atomic E-state index is 10.9. The molecule has 0 aliphatic heterocycles. The summed E-state index contributed by atoms with van der Waals surface area (Å²) >= 11 is 0. The summed E-state index contributed by atoms with van der Waals surface area (Å²) in [5.74, 6) is -0.101. The molecule has 0 aliphatic carbocycles. The Balaban J connectivity index is 2.29. The molecule has 1 heterocycles. The number of aromatic carboxylic acids is 1. The molecule has 0 unspecified atom stereocenters. The Morgan fingerprint density at radius 1 is 1.38 bits per heavy atom. The third-order valence-electron chi connectivity index (χ3n) is 2.90. The van der Waals surface area contributed by atoms with Crippen molar-refractivity contribution >= 4 is 5.97 Å². The molecule has 0 saturated carbocycles. The summed E-state index contributed by atoms with van der Waals surface area (Å²) in [5, 5.41) is 18.1. The number of hydrogen-bond donors (Lipinski definition) is 2. The van der Waals surface area contributed by atoms with Gasteiger partial charge in [0.1, 0.15) is 17.5 Å². The molecule has 0 spiro atoms. The third kappa shape index (κ3) is 3.42. The maximum Gasteiger partial charge on any atom is 0.352 e. The van der Waals surface area contributed by atoms with Crippen LogP contribution < -0.4 is 4.74 Å². The number of nitrogens with one attached hydrogen (secondary N) is 1. The Bertz CT molecular complexity index is 696. The lowest BCUT2D eigenvalue weighted by atomic mass is 10.1. The van der Waals surface area contributed by atoms with Gasteiger partial charge in [0.25, 0.3) is 0 Å². The number of ether oxygens (including phenoxy) is 1. The van der Waals surface area contributed by atoms with Gasteiger partial charge >= 0.3 is 5.97 Å². The summed E-state index contributed by atoms with van der Waals surface area (Å²) in [6.07, 6.45) is 0. The Morgan fingerprint density at radius 3 is 2.71 bits per heavy atom. The quantitative estimate of drug-likeness (QED) is 0.882. The normalized spacial score (nSPS) is 10.4. The van der Waals surface area contributed by atoms with Crippen LogP contribution in [0.2, 0.25) is 0 Å². The molecular formula is C16H16N2O3. The molecule has 108 valence electrons. The van der Waals surface area contributed by atoms with Crippen LogP contribution in [0.25, 0.3) is 11.3 Å². The zero-order chi connectivity index (χ0) is 15.4. The monoisotopic (exact) mass is 284 g/mol. The fourth-order valence-electron chi connectivity index (χ4n) is 1.86. The summed E-state index contributed by atoms with van der Waals surface area (Å²) in [4.78, 5) is 13.7. The average molecular weight is 284 g/mol. The minimum absolute atomic E-state index is 0.114. The van der Waals surface area contributed by atoms with Crippen molar-refractivity contribution < 1.29 is 14.6 Å². The zero-order valence-corrected chi connectivity index (χ0v) is 11.9. The number of nitriles is 1. The topological polar surface area (TPSA) is 86.1 Å². The number of aromatic nitrogens is 1. The Morgan fingerprint density at radius 2 is 2.14 bits per heavy atom. The minimum atomic E-state index is -1.02. The molecule has 0 atom stereocenters. The first-order valence-corrected chi connectivity index (χ1v) is 6.61. The van der Waals surface area contributed by atoms with E-state index in [0.29, 0.717) is 29.5 Å². The molecule has 2 rings (SSSR count). The van der Waals surface area contributed by atoms with Crippen molar-refractivity contribution in [3.05, 3.63) is 41.6 Å². The van der Waals surface area contributed by atoms with Crippen LogP contribution in [0.15, 0.2) is 30.3 Å². The van der Waals surface area contributed by atoms with Crippen LogP contribution in [0, 0.1) is 17.2 Å². The average Bonchev–Trinajstić information content (AvgIpc) is 2.94. The van der Waals surface area contributed by atoms with E-state index in [2.05, 4.69) is 11.1 Å². The largest absolute Gasteiger partial charge is 0.492 e. The van der Waals surface area contributed by atoms with E-state index < -0.39 is 5.97 Å². The predicted octanol–water partition coefficient (Wildman–Crippen LogP) is 3.29. The summed E-state index contributed by atoms with van der Waals surface area (Å²) in [6.45, 7) is 4.61. The van der Waals surface area contributed by atoms with E-state index >= 15 is 0 Å². The molecule has 21 heavy (non-hydrogen) atoms. The SMILES string of the molecule is CC(C)COc1ccc(-c2ccc(C(=O)O)[nH]2)cc1C#N. The first-order valence-electron chi connectivity index (χ1n) is 6.61. The molecular weight excluding hydrogens is 268 g/mol. The number of carboxylic acid groups (broad SMARTS) is 1. The van der Waals surface area contributed by atoms with Gasteiger partial charge in [-0.2, -0.15) is 5.26 Å². The molecule has 0 fully saturated rings. The van der Waals surface area contributed by atoms with E-state index in [4.69, 9.17) is 9.84 Å². The molecule has 2 N–H and O–H groups in total. The number of aromatic amines is 1. The van der Waals surface area contributed by atoms with Crippen molar-refractivity contribution in [2.24, 2.45) is 5.92 Å². The Labute approximate surface area is 122 Å². The van der Waals surface area contributed by atoms with Crippen molar-refractivity contribution in [3.8, 4) is 23.1 Å². The predicted molar refractivity (Wildman–Crippen MR) is 78.2 cm³/mol. The fourth-order valence-corrected chi connectivity index (χ4v) is 1.86. The van der Waals surface area contributed by atoms with E-state index in [1.807, 2.05) is 13.8 Å². The van der Waals surface area contributed by atoms with Gasteiger partial charge in [0.05, 0.1) is 12.2 Å². The highest BCUT2D eigenvalue weighted by atomic mass is 16.5. The lowest BCUT2D eigenvalue weighted by Gasteiger charge is -2.10. The molecule has 0 radical (unpaired) electrons. The third-order valence-corrected chi connectivity index (χ3v) is 2.90. The molecule has 0 saturated heterocycles. The van der Waals surface area contributed by atoms with Crippen LogP contribution in [-0.2, 0) is 0 Å². The highest BCUT2D eigenvalue weighted by molar-refractivity contribution is 5.87. The molecule has 1 aromatic carbocycles. The first-order chi connectivity index (χ1) is 10.0. The zero-order valence-electron chi connectivity index (χ0n) is 11.9. The van der Waals surface area contributed by atoms with Crippen LogP contribution in [0.3, 0.4) is 0 Å². The lowest BCUT2D eigenvalue weighted by molar-refractivity contribution is 0.0691. The second kappa shape index (κ2) is 6.14. The van der Waals surface area contributed by atoms with Crippen LogP contribution in [0.5, 0.6) is 5.75 Å². The van der Waals surface area contributed by atoms with Gasteiger partial charge in [0.15, 0.2) is 0 Å². The second-order valence-corrected chi connectivity index (χ2v) is 5.12. The highest BCUT2D eigenvalue weighted by Gasteiger charge is 2.10. The van der Waals surface area contributed by atoms with Crippen LogP contribution in [0.4, 0.5) is 0 Å². The first kappa shape index (κ1) is 14.7. The van der Waals surface area contributed by atoms with E-state index in [-0.39, 0.29) is 5.69 Å². The number of carbonyl (C=O) groups is 1. The van der Waals surface area contributed by atoms with Gasteiger partial charge in [-0.25, -0.2) is 4.79 Å². The summed E-state index contributed by atoms with van der Waals surface area (Å²) < 4.78 is 5.60. The van der Waals surface area contributed by atoms with Gasteiger partial charge < -0.3 is 14.8 Å². The molecule has 0 bridgehead atoms. The van der Waals surface area contributed by atoms with E-state index in [9.17, 15) is 10.1 Å². The molecule has 0 amide bonds. The van der Waals surface area contributed by atoms with Gasteiger partial charge in [-0.05, 0) is 41.8 Å². The second-order valence-electron chi connectivity index (χ2n) is 5.12. The van der Waals surface area contributed by atoms with E-state index in [1.165, 1.54) is 6.07 Å². The van der Waals surface area contributed by atoms with Crippen molar-refractivity contribution in [3.63, 3.8) is 0 Å². The van der Waals surface area contributed by atoms with Gasteiger partial charge in [0.2, 0.25) is 0 Å². The molecule has 2 aromatic rings. The molecule has 5 heteroatoms. The number of benzene rings is 1. The molecule has 5 nitrogen and oxygen atoms in total. The number of rotatable bonds is 5. The smallest absolute Gasteiger partial charge is 0.352 e. The van der Waals surface area contributed by atoms with Crippen molar-refractivity contribution in [2.45, 2.75) is 13.8 Å². The standard InChI is InChI=1S/C16H16N2O3/c1-10(2)9-21-15-6-3-11(7-12(15)8-17)13-4-5-14(18-13)16(19)20/h3-7,10,18H,9H2,1-2H3,(H,19,20). The summed E-state index contributed by atoms with van der Waals surface area (Å²) in [7, 11) is 0. The van der Waals surface area contributed by atoms with Crippen molar-refractivity contribution in [1.29, 1.82) is 5.26 Å². The number of nitrogens with zero attached hydrogens (tertiary/aromatic N) is 1. The van der Waals surface area contributed by atoms with Gasteiger partial charge in [0, 0.05) is 5.69 Å². The Kier molecular flexibility index (Phi) is 4.29. The van der Waals surface area contributed by atoms with Gasteiger partial charge in [-0.15, -0.1) is 0 Å². The van der Waals surface area contributed by atoms with Crippen molar-refractivity contribution in [1.82, 2.24) is 4.98 Å². The summed E-state index contributed by atoms with van der Waals surface area (Å²) in [6, 6.07) is 10.5. The van der Waals surface area contributed by atoms with Crippen LogP contribution in [-0.4, -0.2) is 22.7 Å². The fraction of sp³-hybridized carbons (Fsp3) is 0.250. The minimum Gasteiger partial charge on any atom is -0.492 e. The van der Waals surface area contributed by atoms with Crippen LogP contribution in [0.1, 0.15) is 29.9 Å². The van der Waals surface area contributed by atoms with Crippen molar-refractivity contribution in [2.75, 3.05) is 6.61 Å². The number of carboxylic acids is 1.